The van der Waals surface area contributed by atoms with E-state index in [-0.39, 0.29) is 0 Å². The molecule has 1 aromatic heterocycles. The summed E-state index contributed by atoms with van der Waals surface area (Å²) in [4.78, 5) is 8.75. The average molecular weight is 270 g/mol. The minimum Gasteiger partial charge on any atom is -0.350 e. The second-order valence-corrected chi connectivity index (χ2v) is 4.67. The lowest BCUT2D eigenvalue weighted by atomic mass is 10.2. The second kappa shape index (κ2) is 5.24. The van der Waals surface area contributed by atoms with Gasteiger partial charge in [-0.05, 0) is 23.8 Å². The fourth-order valence-electron chi connectivity index (χ4n) is 1.84. The summed E-state index contributed by atoms with van der Waals surface area (Å²) in [6.07, 6.45) is 1.83. The SMILES string of the molecule is Clc1ccc(CNc2ncc3ccccc3n2)cc1. The zero-order valence-electron chi connectivity index (χ0n) is 10.2. The highest BCUT2D eigenvalue weighted by molar-refractivity contribution is 6.30. The molecular formula is C15H12ClN3. The van der Waals surface area contributed by atoms with Gasteiger partial charge in [0.1, 0.15) is 0 Å². The van der Waals surface area contributed by atoms with Crippen molar-refractivity contribution in [3.05, 3.63) is 65.3 Å². The highest BCUT2D eigenvalue weighted by atomic mass is 35.5. The van der Waals surface area contributed by atoms with E-state index in [0.29, 0.717) is 12.5 Å². The van der Waals surface area contributed by atoms with E-state index < -0.39 is 0 Å². The molecule has 3 aromatic rings. The molecule has 4 heteroatoms. The maximum Gasteiger partial charge on any atom is 0.223 e. The molecule has 0 aliphatic rings. The molecule has 0 aliphatic carbocycles. The fourth-order valence-corrected chi connectivity index (χ4v) is 1.97. The summed E-state index contributed by atoms with van der Waals surface area (Å²) in [6.45, 7) is 0.676. The molecule has 0 bridgehead atoms. The van der Waals surface area contributed by atoms with E-state index in [1.165, 1.54) is 0 Å². The predicted octanol–water partition coefficient (Wildman–Crippen LogP) is 3.90. The van der Waals surface area contributed by atoms with Crippen LogP contribution in [0.2, 0.25) is 5.02 Å². The van der Waals surface area contributed by atoms with Crippen LogP contribution < -0.4 is 5.32 Å². The summed E-state index contributed by atoms with van der Waals surface area (Å²) in [5.41, 5.74) is 2.08. The first kappa shape index (κ1) is 11.9. The van der Waals surface area contributed by atoms with Gasteiger partial charge >= 0.3 is 0 Å². The number of fused-ring (bicyclic) bond motifs is 1. The molecular weight excluding hydrogens is 258 g/mol. The Morgan fingerprint density at radius 2 is 1.79 bits per heavy atom. The first-order chi connectivity index (χ1) is 9.31. The van der Waals surface area contributed by atoms with Crippen LogP contribution >= 0.6 is 11.6 Å². The van der Waals surface area contributed by atoms with Gasteiger partial charge in [0.15, 0.2) is 0 Å². The van der Waals surface area contributed by atoms with Crippen LogP contribution in [0.15, 0.2) is 54.7 Å². The molecule has 1 heterocycles. The maximum absolute atomic E-state index is 5.85. The van der Waals surface area contributed by atoms with Crippen molar-refractivity contribution in [3.63, 3.8) is 0 Å². The zero-order valence-corrected chi connectivity index (χ0v) is 10.9. The monoisotopic (exact) mass is 269 g/mol. The first-order valence-corrected chi connectivity index (χ1v) is 6.39. The number of nitrogens with one attached hydrogen (secondary N) is 1. The molecule has 0 atom stereocenters. The third-order valence-electron chi connectivity index (χ3n) is 2.85. The highest BCUT2D eigenvalue weighted by Crippen LogP contribution is 2.13. The van der Waals surface area contributed by atoms with Crippen molar-refractivity contribution < 1.29 is 0 Å². The molecule has 19 heavy (non-hydrogen) atoms. The van der Waals surface area contributed by atoms with E-state index in [0.717, 1.165) is 21.5 Å². The summed E-state index contributed by atoms with van der Waals surface area (Å²) in [5.74, 6) is 0.633. The van der Waals surface area contributed by atoms with Gasteiger partial charge in [-0.3, -0.25) is 0 Å². The molecule has 0 saturated carbocycles. The minimum absolute atomic E-state index is 0.633. The van der Waals surface area contributed by atoms with E-state index in [1.807, 2.05) is 54.7 Å². The summed E-state index contributed by atoms with van der Waals surface area (Å²) in [7, 11) is 0. The van der Waals surface area contributed by atoms with Crippen molar-refractivity contribution in [3.8, 4) is 0 Å². The number of nitrogens with zero attached hydrogens (tertiary/aromatic N) is 2. The van der Waals surface area contributed by atoms with Crippen molar-refractivity contribution in [2.45, 2.75) is 6.54 Å². The van der Waals surface area contributed by atoms with Gasteiger partial charge < -0.3 is 5.32 Å². The first-order valence-electron chi connectivity index (χ1n) is 6.01. The van der Waals surface area contributed by atoms with E-state index >= 15 is 0 Å². The van der Waals surface area contributed by atoms with Gasteiger partial charge in [0.25, 0.3) is 0 Å². The number of benzene rings is 2. The van der Waals surface area contributed by atoms with E-state index in [4.69, 9.17) is 11.6 Å². The Morgan fingerprint density at radius 3 is 2.63 bits per heavy atom. The standard InChI is InChI=1S/C15H12ClN3/c16-13-7-5-11(6-8-13)9-17-15-18-10-12-3-1-2-4-14(12)19-15/h1-8,10H,9H2,(H,17,18,19). The average Bonchev–Trinajstić information content (AvgIpc) is 2.46. The quantitative estimate of drug-likeness (QED) is 0.784. The van der Waals surface area contributed by atoms with Crippen LogP contribution in [0.4, 0.5) is 5.95 Å². The Labute approximate surface area is 116 Å². The zero-order chi connectivity index (χ0) is 13.1. The Morgan fingerprint density at radius 1 is 1.00 bits per heavy atom. The van der Waals surface area contributed by atoms with Crippen LogP contribution in [0, 0.1) is 0 Å². The van der Waals surface area contributed by atoms with Crippen molar-refractivity contribution in [1.82, 2.24) is 9.97 Å². The van der Waals surface area contributed by atoms with Crippen LogP contribution in [-0.2, 0) is 6.54 Å². The van der Waals surface area contributed by atoms with Crippen LogP contribution in [0.25, 0.3) is 10.9 Å². The molecule has 0 radical (unpaired) electrons. The van der Waals surface area contributed by atoms with Crippen molar-refractivity contribution >= 4 is 28.5 Å². The molecule has 3 rings (SSSR count). The lowest BCUT2D eigenvalue weighted by Gasteiger charge is -2.05. The van der Waals surface area contributed by atoms with E-state index in [2.05, 4.69) is 15.3 Å². The maximum atomic E-state index is 5.85. The van der Waals surface area contributed by atoms with Crippen LogP contribution in [0.1, 0.15) is 5.56 Å². The van der Waals surface area contributed by atoms with Gasteiger partial charge in [-0.2, -0.15) is 0 Å². The molecule has 0 saturated heterocycles. The number of anilines is 1. The van der Waals surface area contributed by atoms with Crippen LogP contribution in [-0.4, -0.2) is 9.97 Å². The third kappa shape index (κ3) is 2.83. The molecule has 0 aliphatic heterocycles. The molecule has 94 valence electrons. The van der Waals surface area contributed by atoms with Crippen LogP contribution in [0.3, 0.4) is 0 Å². The van der Waals surface area contributed by atoms with E-state index in [9.17, 15) is 0 Å². The lowest BCUT2D eigenvalue weighted by molar-refractivity contribution is 1.07. The topological polar surface area (TPSA) is 37.8 Å². The molecule has 0 spiro atoms. The number of para-hydroxylation sites is 1. The largest absolute Gasteiger partial charge is 0.350 e. The van der Waals surface area contributed by atoms with Crippen LogP contribution in [0.5, 0.6) is 0 Å². The normalized spacial score (nSPS) is 10.6. The fraction of sp³-hybridized carbons (Fsp3) is 0.0667. The Balaban J connectivity index is 1.76. The summed E-state index contributed by atoms with van der Waals surface area (Å²) in [6, 6.07) is 15.6. The smallest absolute Gasteiger partial charge is 0.223 e. The lowest BCUT2D eigenvalue weighted by Crippen LogP contribution is -2.03. The van der Waals surface area contributed by atoms with Gasteiger partial charge in [0.05, 0.1) is 5.52 Å². The molecule has 0 fully saturated rings. The Kier molecular flexibility index (Phi) is 3.29. The number of aromatic nitrogens is 2. The Hall–Kier alpha value is -2.13. The Bertz CT molecular complexity index is 695. The minimum atomic E-state index is 0.633. The number of hydrogen-bond donors (Lipinski definition) is 1. The molecule has 3 nitrogen and oxygen atoms in total. The summed E-state index contributed by atoms with van der Waals surface area (Å²) in [5, 5.41) is 4.99. The van der Waals surface area contributed by atoms with Gasteiger partial charge in [-0.1, -0.05) is 41.9 Å². The van der Waals surface area contributed by atoms with Gasteiger partial charge in [0, 0.05) is 23.2 Å². The van der Waals surface area contributed by atoms with Gasteiger partial charge in [-0.25, -0.2) is 9.97 Å². The van der Waals surface area contributed by atoms with E-state index in [1.54, 1.807) is 0 Å². The molecule has 1 N–H and O–H groups in total. The predicted molar refractivity (Wildman–Crippen MR) is 78.3 cm³/mol. The summed E-state index contributed by atoms with van der Waals surface area (Å²) < 4.78 is 0. The van der Waals surface area contributed by atoms with Crippen molar-refractivity contribution in [1.29, 1.82) is 0 Å². The number of halogens is 1. The number of hydrogen-bond acceptors (Lipinski definition) is 3. The highest BCUT2D eigenvalue weighted by Gasteiger charge is 1.99. The molecule has 2 aromatic carbocycles. The van der Waals surface area contributed by atoms with Gasteiger partial charge in [0.2, 0.25) is 5.95 Å². The van der Waals surface area contributed by atoms with Gasteiger partial charge in [-0.15, -0.1) is 0 Å². The summed E-state index contributed by atoms with van der Waals surface area (Å²) >= 11 is 5.85. The second-order valence-electron chi connectivity index (χ2n) is 4.23. The molecule has 0 unspecified atom stereocenters. The van der Waals surface area contributed by atoms with Crippen molar-refractivity contribution in [2.24, 2.45) is 0 Å². The third-order valence-corrected chi connectivity index (χ3v) is 3.10. The number of rotatable bonds is 3. The van der Waals surface area contributed by atoms with Crippen molar-refractivity contribution in [2.75, 3.05) is 5.32 Å². The molecule has 0 amide bonds.